The molecule has 1 unspecified atom stereocenters. The van der Waals surface area contributed by atoms with Gasteiger partial charge in [0.15, 0.2) is 0 Å². The lowest BCUT2D eigenvalue weighted by atomic mass is 9.94. The fourth-order valence-electron chi connectivity index (χ4n) is 1.27. The Kier molecular flexibility index (Phi) is 3.50. The quantitative estimate of drug-likeness (QED) is 0.767. The largest absolute Gasteiger partial charge is 0.192 e. The molecular weight excluding hydrogens is 226 g/mol. The predicted octanol–water partition coefficient (Wildman–Crippen LogP) is 3.83. The second kappa shape index (κ2) is 4.43. The lowest BCUT2D eigenvalue weighted by Crippen LogP contribution is -1.95. The molecule has 1 nitrogen and oxygen atoms in total. The zero-order chi connectivity index (χ0) is 9.84. The Morgan fingerprint density at radius 2 is 2.23 bits per heavy atom. The Morgan fingerprint density at radius 1 is 1.54 bits per heavy atom. The van der Waals surface area contributed by atoms with E-state index in [0.717, 1.165) is 22.0 Å². The van der Waals surface area contributed by atoms with Crippen molar-refractivity contribution in [2.24, 2.45) is 0 Å². The van der Waals surface area contributed by atoms with Gasteiger partial charge in [-0.2, -0.15) is 5.26 Å². The van der Waals surface area contributed by atoms with Gasteiger partial charge in [0.05, 0.1) is 11.6 Å². The smallest absolute Gasteiger partial charge is 0.0995 e. The van der Waals surface area contributed by atoms with Gasteiger partial charge in [0.2, 0.25) is 0 Å². The van der Waals surface area contributed by atoms with E-state index in [0.29, 0.717) is 5.92 Å². The van der Waals surface area contributed by atoms with Crippen molar-refractivity contribution < 1.29 is 0 Å². The third-order valence-corrected chi connectivity index (χ3v) is 2.77. The highest BCUT2D eigenvalue weighted by Gasteiger charge is 2.08. The minimum Gasteiger partial charge on any atom is -0.192 e. The van der Waals surface area contributed by atoms with Gasteiger partial charge in [-0.3, -0.25) is 0 Å². The lowest BCUT2D eigenvalue weighted by Gasteiger charge is -2.10. The summed E-state index contributed by atoms with van der Waals surface area (Å²) in [7, 11) is 0. The molecule has 1 aromatic carbocycles. The van der Waals surface area contributed by atoms with Gasteiger partial charge in [-0.25, -0.2) is 0 Å². The molecule has 0 aliphatic rings. The summed E-state index contributed by atoms with van der Waals surface area (Å²) in [6.07, 6.45) is 1.07. The van der Waals surface area contributed by atoms with Crippen LogP contribution in [0.5, 0.6) is 0 Å². The van der Waals surface area contributed by atoms with Crippen molar-refractivity contribution in [2.75, 3.05) is 0 Å². The topological polar surface area (TPSA) is 23.8 Å². The number of hydrogen-bond donors (Lipinski definition) is 0. The summed E-state index contributed by atoms with van der Waals surface area (Å²) in [6.45, 7) is 4.28. The van der Waals surface area contributed by atoms with Crippen molar-refractivity contribution in [1.82, 2.24) is 0 Å². The molecular formula is C11H12BrN. The summed E-state index contributed by atoms with van der Waals surface area (Å²) in [4.78, 5) is 0. The first kappa shape index (κ1) is 10.3. The van der Waals surface area contributed by atoms with Gasteiger partial charge in [-0.1, -0.05) is 35.8 Å². The molecule has 0 heterocycles. The molecule has 0 aliphatic heterocycles. The van der Waals surface area contributed by atoms with Crippen molar-refractivity contribution in [3.05, 3.63) is 33.8 Å². The first-order valence-electron chi connectivity index (χ1n) is 4.38. The van der Waals surface area contributed by atoms with Crippen molar-refractivity contribution in [1.29, 1.82) is 5.26 Å². The molecule has 2 heteroatoms. The summed E-state index contributed by atoms with van der Waals surface area (Å²) in [5, 5.41) is 8.92. The van der Waals surface area contributed by atoms with E-state index in [1.54, 1.807) is 0 Å². The van der Waals surface area contributed by atoms with Gasteiger partial charge in [0.25, 0.3) is 0 Å². The van der Waals surface area contributed by atoms with Crippen LogP contribution in [-0.2, 0) is 0 Å². The highest BCUT2D eigenvalue weighted by molar-refractivity contribution is 9.10. The molecule has 0 N–H and O–H groups in total. The number of nitrogens with zero attached hydrogens (tertiary/aromatic N) is 1. The third kappa shape index (κ3) is 2.32. The maximum atomic E-state index is 8.92. The second-order valence-corrected chi connectivity index (χ2v) is 4.07. The number of halogens is 1. The molecule has 1 rings (SSSR count). The molecule has 0 spiro atoms. The lowest BCUT2D eigenvalue weighted by molar-refractivity contribution is 0.731. The summed E-state index contributed by atoms with van der Waals surface area (Å²) in [5.74, 6) is 0.461. The van der Waals surface area contributed by atoms with Crippen LogP contribution < -0.4 is 0 Å². The van der Waals surface area contributed by atoms with Crippen LogP contribution in [0.15, 0.2) is 22.7 Å². The van der Waals surface area contributed by atoms with Crippen LogP contribution in [0.4, 0.5) is 0 Å². The van der Waals surface area contributed by atoms with Crippen molar-refractivity contribution >= 4 is 15.9 Å². The van der Waals surface area contributed by atoms with Crippen LogP contribution in [-0.4, -0.2) is 0 Å². The number of benzene rings is 1. The van der Waals surface area contributed by atoms with Crippen LogP contribution in [0.3, 0.4) is 0 Å². The minimum atomic E-state index is 0.461. The van der Waals surface area contributed by atoms with Gasteiger partial charge in [-0.15, -0.1) is 0 Å². The zero-order valence-electron chi connectivity index (χ0n) is 7.84. The summed E-state index contributed by atoms with van der Waals surface area (Å²) in [6, 6.07) is 8.11. The first-order valence-corrected chi connectivity index (χ1v) is 5.18. The fraction of sp³-hybridized carbons (Fsp3) is 0.364. The summed E-state index contributed by atoms with van der Waals surface area (Å²) < 4.78 is 0.969. The van der Waals surface area contributed by atoms with E-state index >= 15 is 0 Å². The maximum Gasteiger partial charge on any atom is 0.0995 e. The number of hydrogen-bond acceptors (Lipinski definition) is 1. The molecule has 0 saturated carbocycles. The minimum absolute atomic E-state index is 0.461. The van der Waals surface area contributed by atoms with E-state index in [1.807, 2.05) is 18.2 Å². The van der Waals surface area contributed by atoms with E-state index in [9.17, 15) is 0 Å². The maximum absolute atomic E-state index is 8.92. The Hall–Kier alpha value is -0.810. The Balaban J connectivity index is 3.15. The highest BCUT2D eigenvalue weighted by Crippen LogP contribution is 2.24. The SMILES string of the molecule is CCC(C)c1ccc(Br)cc1C#N. The van der Waals surface area contributed by atoms with Gasteiger partial charge < -0.3 is 0 Å². The highest BCUT2D eigenvalue weighted by atomic mass is 79.9. The monoisotopic (exact) mass is 237 g/mol. The van der Waals surface area contributed by atoms with Crippen LogP contribution in [0.2, 0.25) is 0 Å². The summed E-state index contributed by atoms with van der Waals surface area (Å²) in [5.41, 5.74) is 1.93. The second-order valence-electron chi connectivity index (χ2n) is 3.15. The first-order chi connectivity index (χ1) is 6.19. The Bertz CT molecular complexity index is 338. The molecule has 0 saturated heterocycles. The number of nitriles is 1. The standard InChI is InChI=1S/C11H12BrN/c1-3-8(2)11-5-4-10(12)6-9(11)7-13/h4-6,8H,3H2,1-2H3. The average molecular weight is 238 g/mol. The van der Waals surface area contributed by atoms with Crippen LogP contribution in [0, 0.1) is 11.3 Å². The van der Waals surface area contributed by atoms with E-state index in [-0.39, 0.29) is 0 Å². The Labute approximate surface area is 87.5 Å². The molecule has 13 heavy (non-hydrogen) atoms. The average Bonchev–Trinajstić information content (AvgIpc) is 2.16. The van der Waals surface area contributed by atoms with E-state index < -0.39 is 0 Å². The van der Waals surface area contributed by atoms with Gasteiger partial charge in [0, 0.05) is 4.47 Å². The normalized spacial score (nSPS) is 12.2. The summed E-state index contributed by atoms with van der Waals surface area (Å²) >= 11 is 3.36. The molecule has 1 aromatic rings. The van der Waals surface area contributed by atoms with Gasteiger partial charge >= 0.3 is 0 Å². The molecule has 0 fully saturated rings. The van der Waals surface area contributed by atoms with Gasteiger partial charge in [0.1, 0.15) is 0 Å². The fourth-order valence-corrected chi connectivity index (χ4v) is 1.64. The third-order valence-electron chi connectivity index (χ3n) is 2.28. The van der Waals surface area contributed by atoms with Crippen LogP contribution in [0.25, 0.3) is 0 Å². The van der Waals surface area contributed by atoms with E-state index in [4.69, 9.17) is 5.26 Å². The zero-order valence-corrected chi connectivity index (χ0v) is 9.43. The van der Waals surface area contributed by atoms with Crippen molar-refractivity contribution in [3.63, 3.8) is 0 Å². The predicted molar refractivity (Wildman–Crippen MR) is 57.6 cm³/mol. The van der Waals surface area contributed by atoms with Gasteiger partial charge in [-0.05, 0) is 30.0 Å². The van der Waals surface area contributed by atoms with Crippen LogP contribution in [0.1, 0.15) is 37.3 Å². The van der Waals surface area contributed by atoms with E-state index in [2.05, 4.69) is 35.8 Å². The van der Waals surface area contributed by atoms with Crippen LogP contribution >= 0.6 is 15.9 Å². The molecule has 1 atom stereocenters. The molecule has 0 radical (unpaired) electrons. The molecule has 0 amide bonds. The van der Waals surface area contributed by atoms with E-state index in [1.165, 1.54) is 0 Å². The molecule has 0 bridgehead atoms. The van der Waals surface area contributed by atoms with Crippen molar-refractivity contribution in [3.8, 4) is 6.07 Å². The molecule has 0 aromatic heterocycles. The molecule has 0 aliphatic carbocycles. The van der Waals surface area contributed by atoms with Crippen molar-refractivity contribution in [2.45, 2.75) is 26.2 Å². The molecule has 68 valence electrons. The Morgan fingerprint density at radius 3 is 2.77 bits per heavy atom. The number of rotatable bonds is 2.